The third-order valence-electron chi connectivity index (χ3n) is 5.88. The molecule has 1 saturated heterocycles. The minimum absolute atomic E-state index is 0.101. The molecular formula is C23H25NO. The lowest BCUT2D eigenvalue weighted by Crippen LogP contribution is -2.47. The van der Waals surface area contributed by atoms with Crippen molar-refractivity contribution in [1.82, 2.24) is 0 Å². The second-order valence-electron chi connectivity index (χ2n) is 7.56. The zero-order chi connectivity index (χ0) is 17.6. The van der Waals surface area contributed by atoms with Gasteiger partial charge in [-0.05, 0) is 68.5 Å². The molecule has 1 spiro atoms. The van der Waals surface area contributed by atoms with Gasteiger partial charge in [-0.15, -0.1) is 0 Å². The summed E-state index contributed by atoms with van der Waals surface area (Å²) in [5.74, 6) is 0.147. The molecule has 2 heteroatoms. The summed E-state index contributed by atoms with van der Waals surface area (Å²) in [5, 5.41) is 0. The fraction of sp³-hybridized carbons (Fsp3) is 0.348. The number of hydrogen-bond donors (Lipinski definition) is 0. The highest BCUT2D eigenvalue weighted by Gasteiger charge is 2.52. The number of ketones is 1. The summed E-state index contributed by atoms with van der Waals surface area (Å²) in [6.45, 7) is 7.43. The number of carbonyl (C=O) groups excluding carboxylic acids is 1. The van der Waals surface area contributed by atoms with E-state index in [2.05, 4.69) is 68.1 Å². The molecule has 2 aromatic carbocycles. The first-order chi connectivity index (χ1) is 12.0. The second kappa shape index (κ2) is 5.87. The average Bonchev–Trinajstić information content (AvgIpc) is 3.14. The topological polar surface area (TPSA) is 20.3 Å². The van der Waals surface area contributed by atoms with E-state index < -0.39 is 0 Å². The molecule has 1 aliphatic heterocycles. The highest BCUT2D eigenvalue weighted by Crippen LogP contribution is 2.49. The van der Waals surface area contributed by atoms with Crippen molar-refractivity contribution in [1.29, 1.82) is 0 Å². The average molecular weight is 331 g/mol. The molecule has 0 amide bonds. The van der Waals surface area contributed by atoms with E-state index in [0.717, 1.165) is 19.4 Å². The highest BCUT2D eigenvalue weighted by atomic mass is 16.1. The molecule has 0 saturated carbocycles. The molecule has 128 valence electrons. The van der Waals surface area contributed by atoms with Crippen molar-refractivity contribution in [3.63, 3.8) is 0 Å². The van der Waals surface area contributed by atoms with Crippen molar-refractivity contribution in [3.8, 4) is 0 Å². The smallest absolute Gasteiger partial charge is 0.165 e. The van der Waals surface area contributed by atoms with Crippen LogP contribution in [-0.4, -0.2) is 17.9 Å². The van der Waals surface area contributed by atoms with E-state index in [9.17, 15) is 4.79 Å². The van der Waals surface area contributed by atoms with Crippen LogP contribution in [0.3, 0.4) is 0 Å². The zero-order valence-corrected chi connectivity index (χ0v) is 15.3. The molecule has 1 fully saturated rings. The molecule has 0 unspecified atom stereocenters. The third-order valence-corrected chi connectivity index (χ3v) is 5.88. The Kier molecular flexibility index (Phi) is 3.79. The molecule has 2 aromatic rings. The van der Waals surface area contributed by atoms with Crippen LogP contribution in [-0.2, 0) is 4.79 Å². The van der Waals surface area contributed by atoms with Crippen LogP contribution in [0.1, 0.15) is 41.0 Å². The van der Waals surface area contributed by atoms with E-state index in [4.69, 9.17) is 0 Å². The maximum absolute atomic E-state index is 13.0. The van der Waals surface area contributed by atoms with E-state index in [-0.39, 0.29) is 17.2 Å². The van der Waals surface area contributed by atoms with E-state index >= 15 is 0 Å². The number of rotatable bonds is 2. The summed E-state index contributed by atoms with van der Waals surface area (Å²) in [6.07, 6.45) is 6.15. The predicted molar refractivity (Wildman–Crippen MR) is 103 cm³/mol. The second-order valence-corrected chi connectivity index (χ2v) is 7.56. The fourth-order valence-electron chi connectivity index (χ4n) is 5.02. The molecule has 25 heavy (non-hydrogen) atoms. The summed E-state index contributed by atoms with van der Waals surface area (Å²) in [7, 11) is 0. The van der Waals surface area contributed by atoms with Gasteiger partial charge in [-0.2, -0.15) is 0 Å². The number of aryl methyl sites for hydroxylation is 3. The van der Waals surface area contributed by atoms with Gasteiger partial charge in [0.15, 0.2) is 5.78 Å². The molecule has 4 rings (SSSR count). The molecule has 0 N–H and O–H groups in total. The Hall–Kier alpha value is -2.35. The highest BCUT2D eigenvalue weighted by molar-refractivity contribution is 6.01. The van der Waals surface area contributed by atoms with Gasteiger partial charge in [0, 0.05) is 12.2 Å². The van der Waals surface area contributed by atoms with Crippen molar-refractivity contribution in [3.05, 3.63) is 76.9 Å². The van der Waals surface area contributed by atoms with Gasteiger partial charge in [0.25, 0.3) is 0 Å². The molecule has 2 aliphatic rings. The summed E-state index contributed by atoms with van der Waals surface area (Å²) in [5.41, 5.74) is 5.95. The Morgan fingerprint density at radius 3 is 2.40 bits per heavy atom. The number of nitrogens with zero attached hydrogens (tertiary/aromatic N) is 1. The molecular weight excluding hydrogens is 306 g/mol. The van der Waals surface area contributed by atoms with Gasteiger partial charge in [0.05, 0.1) is 11.5 Å². The first-order valence-corrected chi connectivity index (χ1v) is 9.16. The van der Waals surface area contributed by atoms with E-state index in [1.54, 1.807) is 0 Å². The van der Waals surface area contributed by atoms with Gasteiger partial charge in [0.2, 0.25) is 0 Å². The van der Waals surface area contributed by atoms with Gasteiger partial charge >= 0.3 is 0 Å². The summed E-state index contributed by atoms with van der Waals surface area (Å²) in [6, 6.07) is 15.0. The van der Waals surface area contributed by atoms with Gasteiger partial charge in [0.1, 0.15) is 0 Å². The van der Waals surface area contributed by atoms with Crippen molar-refractivity contribution in [2.75, 3.05) is 11.4 Å². The van der Waals surface area contributed by atoms with Gasteiger partial charge in [-0.3, -0.25) is 4.79 Å². The summed E-state index contributed by atoms with van der Waals surface area (Å²) < 4.78 is 0. The molecule has 0 radical (unpaired) electrons. The van der Waals surface area contributed by atoms with Gasteiger partial charge in [-0.25, -0.2) is 0 Å². The first-order valence-electron chi connectivity index (χ1n) is 9.16. The molecule has 0 aromatic heterocycles. The van der Waals surface area contributed by atoms with Crippen LogP contribution in [0, 0.1) is 20.8 Å². The van der Waals surface area contributed by atoms with Crippen LogP contribution in [0.25, 0.3) is 0 Å². The Bertz CT molecular complexity index is 829. The minimum atomic E-state index is -0.219. The standard InChI is InChI=1S/C23H25NO/c1-16-14-17(2)21(18(3)15-16)22-20(25)10-12-23(22)11-7-13-24(23)19-8-5-4-6-9-19/h4-6,8-10,12,14-15,22H,7,11,13H2,1-3H3/t22-,23+/m0/s1. The van der Waals surface area contributed by atoms with Crippen LogP contribution < -0.4 is 4.90 Å². The van der Waals surface area contributed by atoms with Crippen LogP contribution in [0.2, 0.25) is 0 Å². The Morgan fingerprint density at radius 1 is 1.04 bits per heavy atom. The molecule has 1 aliphatic carbocycles. The minimum Gasteiger partial charge on any atom is -0.361 e. The SMILES string of the molecule is Cc1cc(C)c([C@@H]2C(=O)C=C[C@]23CCCN3c2ccccc2)c(C)c1. The number of hydrogen-bond acceptors (Lipinski definition) is 2. The number of anilines is 1. The van der Waals surface area contributed by atoms with Crippen molar-refractivity contribution >= 4 is 11.5 Å². The lowest BCUT2D eigenvalue weighted by molar-refractivity contribution is -0.116. The normalized spacial score (nSPS) is 25.3. The van der Waals surface area contributed by atoms with Crippen molar-refractivity contribution in [2.45, 2.75) is 45.1 Å². The van der Waals surface area contributed by atoms with Gasteiger partial charge < -0.3 is 4.90 Å². The predicted octanol–water partition coefficient (Wildman–Crippen LogP) is 4.87. The summed E-state index contributed by atoms with van der Waals surface area (Å²) >= 11 is 0. The van der Waals surface area contributed by atoms with E-state index in [1.165, 1.54) is 27.9 Å². The van der Waals surface area contributed by atoms with Crippen LogP contribution in [0.5, 0.6) is 0 Å². The number of allylic oxidation sites excluding steroid dienone is 1. The Balaban J connectivity index is 1.87. The number of carbonyl (C=O) groups is 1. The lowest BCUT2D eigenvalue weighted by Gasteiger charge is -2.41. The van der Waals surface area contributed by atoms with Gasteiger partial charge in [-0.1, -0.05) is 42.0 Å². The van der Waals surface area contributed by atoms with E-state index in [1.807, 2.05) is 12.1 Å². The number of para-hydroxylation sites is 1. The molecule has 1 heterocycles. The first kappa shape index (κ1) is 16.1. The van der Waals surface area contributed by atoms with Crippen LogP contribution in [0.15, 0.2) is 54.6 Å². The maximum atomic E-state index is 13.0. The molecule has 0 bridgehead atoms. The van der Waals surface area contributed by atoms with Crippen LogP contribution in [0.4, 0.5) is 5.69 Å². The van der Waals surface area contributed by atoms with E-state index in [0.29, 0.717) is 0 Å². The molecule has 2 nitrogen and oxygen atoms in total. The molecule has 2 atom stereocenters. The van der Waals surface area contributed by atoms with Crippen molar-refractivity contribution in [2.24, 2.45) is 0 Å². The largest absolute Gasteiger partial charge is 0.361 e. The number of benzene rings is 2. The van der Waals surface area contributed by atoms with Crippen LogP contribution >= 0.6 is 0 Å². The Labute approximate surface area is 150 Å². The van der Waals surface area contributed by atoms with Crippen molar-refractivity contribution < 1.29 is 4.79 Å². The monoisotopic (exact) mass is 331 g/mol. The zero-order valence-electron chi connectivity index (χ0n) is 15.3. The maximum Gasteiger partial charge on any atom is 0.165 e. The summed E-state index contributed by atoms with van der Waals surface area (Å²) in [4.78, 5) is 15.4. The lowest BCUT2D eigenvalue weighted by atomic mass is 9.75. The Morgan fingerprint density at radius 2 is 1.72 bits per heavy atom. The fourth-order valence-corrected chi connectivity index (χ4v) is 5.02. The third kappa shape index (κ3) is 2.43. The quantitative estimate of drug-likeness (QED) is 0.782.